The Morgan fingerprint density at radius 3 is 2.75 bits per heavy atom. The SMILES string of the molecule is NCCO[C@H]1C[C@@H](O)C12CCN(C(=O)c1ccc(F)cc1Cl)CC2. The van der Waals surface area contributed by atoms with Crippen molar-refractivity contribution in [2.45, 2.75) is 31.5 Å². The van der Waals surface area contributed by atoms with Crippen LogP contribution in [0.2, 0.25) is 5.02 Å². The van der Waals surface area contributed by atoms with E-state index in [1.54, 1.807) is 4.90 Å². The van der Waals surface area contributed by atoms with Crippen LogP contribution in [0.15, 0.2) is 18.2 Å². The maximum Gasteiger partial charge on any atom is 0.255 e. The standard InChI is InChI=1S/C17H22ClFN2O3/c18-13-9-11(19)1-2-12(13)16(23)21-6-3-17(4-7-21)14(22)10-15(17)24-8-5-20/h1-2,9,14-15,22H,3-8,10,20H2/t14-,15+/m1/s1. The first-order valence-electron chi connectivity index (χ1n) is 8.22. The summed E-state index contributed by atoms with van der Waals surface area (Å²) in [6.07, 6.45) is 1.58. The number of ether oxygens (including phenoxy) is 1. The number of rotatable bonds is 4. The van der Waals surface area contributed by atoms with Crippen LogP contribution in [0.25, 0.3) is 0 Å². The molecule has 2 aliphatic rings. The summed E-state index contributed by atoms with van der Waals surface area (Å²) >= 11 is 5.98. The summed E-state index contributed by atoms with van der Waals surface area (Å²) in [5.74, 6) is -0.672. The maximum atomic E-state index is 13.1. The van der Waals surface area contributed by atoms with Crippen molar-refractivity contribution in [3.05, 3.63) is 34.6 Å². The molecule has 1 spiro atoms. The molecule has 2 atom stereocenters. The molecule has 1 aromatic carbocycles. The highest BCUT2D eigenvalue weighted by Gasteiger charge is 2.56. The van der Waals surface area contributed by atoms with E-state index in [4.69, 9.17) is 22.1 Å². The van der Waals surface area contributed by atoms with Gasteiger partial charge in [0.2, 0.25) is 0 Å². The van der Waals surface area contributed by atoms with Crippen molar-refractivity contribution in [1.29, 1.82) is 0 Å². The molecular formula is C17H22ClFN2O3. The first-order valence-corrected chi connectivity index (χ1v) is 8.60. The topological polar surface area (TPSA) is 75.8 Å². The highest BCUT2D eigenvalue weighted by Crippen LogP contribution is 2.51. The second-order valence-electron chi connectivity index (χ2n) is 6.55. The van der Waals surface area contributed by atoms with E-state index in [1.165, 1.54) is 12.1 Å². The maximum absolute atomic E-state index is 13.1. The molecule has 0 aromatic heterocycles. The average molecular weight is 357 g/mol. The third-order valence-corrected chi connectivity index (χ3v) is 5.63. The van der Waals surface area contributed by atoms with Gasteiger partial charge in [-0.1, -0.05) is 11.6 Å². The summed E-state index contributed by atoms with van der Waals surface area (Å²) in [6, 6.07) is 3.79. The van der Waals surface area contributed by atoms with Gasteiger partial charge in [0.1, 0.15) is 5.82 Å². The Morgan fingerprint density at radius 2 is 2.17 bits per heavy atom. The van der Waals surface area contributed by atoms with Crippen LogP contribution in [-0.4, -0.2) is 54.4 Å². The number of aliphatic hydroxyl groups excluding tert-OH is 1. The molecule has 1 heterocycles. The van der Waals surface area contributed by atoms with Crippen LogP contribution in [0.4, 0.5) is 4.39 Å². The number of halogens is 2. The monoisotopic (exact) mass is 356 g/mol. The van der Waals surface area contributed by atoms with E-state index in [1.807, 2.05) is 0 Å². The summed E-state index contributed by atoms with van der Waals surface area (Å²) in [5.41, 5.74) is 5.51. The molecule has 1 saturated heterocycles. The highest BCUT2D eigenvalue weighted by molar-refractivity contribution is 6.33. The Balaban J connectivity index is 1.65. The van der Waals surface area contributed by atoms with Crippen LogP contribution in [0.1, 0.15) is 29.6 Å². The number of aliphatic hydroxyl groups is 1. The first-order chi connectivity index (χ1) is 11.5. The van der Waals surface area contributed by atoms with Gasteiger partial charge in [-0.25, -0.2) is 4.39 Å². The van der Waals surface area contributed by atoms with E-state index in [9.17, 15) is 14.3 Å². The molecule has 1 amide bonds. The zero-order valence-electron chi connectivity index (χ0n) is 13.4. The van der Waals surface area contributed by atoms with Crippen LogP contribution >= 0.6 is 11.6 Å². The fourth-order valence-electron chi connectivity index (χ4n) is 3.79. The number of hydrogen-bond acceptors (Lipinski definition) is 4. The Bertz CT molecular complexity index is 620. The predicted molar refractivity (Wildman–Crippen MR) is 88.4 cm³/mol. The molecule has 0 radical (unpaired) electrons. The van der Waals surface area contributed by atoms with Gasteiger partial charge in [-0.2, -0.15) is 0 Å². The zero-order chi connectivity index (χ0) is 17.3. The summed E-state index contributed by atoms with van der Waals surface area (Å²) < 4.78 is 18.9. The van der Waals surface area contributed by atoms with Gasteiger partial charge in [-0.05, 0) is 31.0 Å². The third kappa shape index (κ3) is 3.04. The van der Waals surface area contributed by atoms with Crippen molar-refractivity contribution in [2.24, 2.45) is 11.1 Å². The normalized spacial score (nSPS) is 25.6. The lowest BCUT2D eigenvalue weighted by Gasteiger charge is -2.56. The summed E-state index contributed by atoms with van der Waals surface area (Å²) in [7, 11) is 0. The lowest BCUT2D eigenvalue weighted by atomic mass is 9.58. The molecular weight excluding hydrogens is 335 g/mol. The average Bonchev–Trinajstić information content (AvgIpc) is 2.58. The smallest absolute Gasteiger partial charge is 0.255 e. The minimum atomic E-state index is -0.466. The molecule has 1 aliphatic heterocycles. The van der Waals surface area contributed by atoms with E-state index in [0.717, 1.165) is 6.07 Å². The Labute approximate surface area is 145 Å². The molecule has 5 nitrogen and oxygen atoms in total. The number of hydrogen-bond donors (Lipinski definition) is 2. The molecule has 7 heteroatoms. The fraction of sp³-hybridized carbons (Fsp3) is 0.588. The number of carbonyl (C=O) groups excluding carboxylic acids is 1. The number of carbonyl (C=O) groups is 1. The number of nitrogens with zero attached hydrogens (tertiary/aromatic N) is 1. The predicted octanol–water partition coefficient (Wildman–Crippen LogP) is 1.81. The lowest BCUT2D eigenvalue weighted by molar-refractivity contribution is -0.207. The summed E-state index contributed by atoms with van der Waals surface area (Å²) in [4.78, 5) is 14.3. The van der Waals surface area contributed by atoms with Crippen molar-refractivity contribution in [2.75, 3.05) is 26.2 Å². The van der Waals surface area contributed by atoms with Crippen LogP contribution in [0.5, 0.6) is 0 Å². The number of nitrogens with two attached hydrogens (primary N) is 1. The van der Waals surface area contributed by atoms with Gasteiger partial charge >= 0.3 is 0 Å². The zero-order valence-corrected chi connectivity index (χ0v) is 14.1. The molecule has 1 saturated carbocycles. The van der Waals surface area contributed by atoms with Crippen molar-refractivity contribution >= 4 is 17.5 Å². The molecule has 2 fully saturated rings. The molecule has 0 unspecified atom stereocenters. The second kappa shape index (κ2) is 6.96. The van der Waals surface area contributed by atoms with Gasteiger partial charge in [-0.3, -0.25) is 4.79 Å². The van der Waals surface area contributed by atoms with Crippen LogP contribution in [0, 0.1) is 11.2 Å². The molecule has 132 valence electrons. The molecule has 3 N–H and O–H groups in total. The van der Waals surface area contributed by atoms with E-state index in [0.29, 0.717) is 51.1 Å². The largest absolute Gasteiger partial charge is 0.392 e. The minimum Gasteiger partial charge on any atom is -0.392 e. The summed E-state index contributed by atoms with van der Waals surface area (Å²) in [6.45, 7) is 1.97. The summed E-state index contributed by atoms with van der Waals surface area (Å²) in [5, 5.41) is 10.4. The Kier molecular flexibility index (Phi) is 5.11. The van der Waals surface area contributed by atoms with Crippen LogP contribution < -0.4 is 5.73 Å². The quantitative estimate of drug-likeness (QED) is 0.862. The minimum absolute atomic E-state index is 0.00251. The molecule has 1 aromatic rings. The van der Waals surface area contributed by atoms with E-state index in [-0.39, 0.29) is 22.4 Å². The van der Waals surface area contributed by atoms with Gasteiger partial charge in [0, 0.05) is 31.5 Å². The van der Waals surface area contributed by atoms with E-state index < -0.39 is 11.9 Å². The van der Waals surface area contributed by atoms with Crippen molar-refractivity contribution in [1.82, 2.24) is 4.90 Å². The number of likely N-dealkylation sites (tertiary alicyclic amines) is 1. The van der Waals surface area contributed by atoms with Crippen molar-refractivity contribution in [3.8, 4) is 0 Å². The number of amides is 1. The van der Waals surface area contributed by atoms with Gasteiger partial charge in [-0.15, -0.1) is 0 Å². The Hall–Kier alpha value is -1.21. The highest BCUT2D eigenvalue weighted by atomic mass is 35.5. The van der Waals surface area contributed by atoms with E-state index >= 15 is 0 Å². The number of benzene rings is 1. The molecule has 24 heavy (non-hydrogen) atoms. The molecule has 0 bridgehead atoms. The lowest BCUT2D eigenvalue weighted by Crippen LogP contribution is -2.62. The fourth-order valence-corrected chi connectivity index (χ4v) is 4.03. The van der Waals surface area contributed by atoms with Gasteiger partial charge < -0.3 is 20.5 Å². The van der Waals surface area contributed by atoms with E-state index in [2.05, 4.69) is 0 Å². The van der Waals surface area contributed by atoms with Gasteiger partial charge in [0.15, 0.2) is 0 Å². The second-order valence-corrected chi connectivity index (χ2v) is 6.96. The molecule has 1 aliphatic carbocycles. The third-order valence-electron chi connectivity index (χ3n) is 5.32. The number of piperidine rings is 1. The van der Waals surface area contributed by atoms with Crippen molar-refractivity contribution < 1.29 is 19.0 Å². The molecule has 3 rings (SSSR count). The Morgan fingerprint density at radius 1 is 1.46 bits per heavy atom. The van der Waals surface area contributed by atoms with Gasteiger partial charge in [0.05, 0.1) is 29.4 Å². The van der Waals surface area contributed by atoms with Crippen molar-refractivity contribution in [3.63, 3.8) is 0 Å². The van der Waals surface area contributed by atoms with Gasteiger partial charge in [0.25, 0.3) is 5.91 Å². The van der Waals surface area contributed by atoms with Crippen LogP contribution in [0.3, 0.4) is 0 Å². The van der Waals surface area contributed by atoms with Crippen LogP contribution in [-0.2, 0) is 4.74 Å². The first kappa shape index (κ1) is 17.6.